The van der Waals surface area contributed by atoms with E-state index in [0.29, 0.717) is 6.61 Å². The van der Waals surface area contributed by atoms with Crippen LogP contribution in [0.4, 0.5) is 0 Å². The Hall–Kier alpha value is -0.0800. The van der Waals surface area contributed by atoms with Crippen LogP contribution >= 0.6 is 0 Å². The molecular weight excluding hydrogens is 198 g/mol. The Morgan fingerprint density at radius 1 is 1.25 bits per heavy atom. The molecule has 0 bridgehead atoms. The lowest BCUT2D eigenvalue weighted by atomic mass is 9.73. The Morgan fingerprint density at radius 3 is 2.38 bits per heavy atom. The van der Waals surface area contributed by atoms with Gasteiger partial charge in [-0.1, -0.05) is 26.7 Å². The summed E-state index contributed by atoms with van der Waals surface area (Å²) in [5.41, 5.74) is 0.225. The first-order chi connectivity index (χ1) is 7.65. The second-order valence-electron chi connectivity index (χ2n) is 6.42. The molecular formula is C14H27NO. The van der Waals surface area contributed by atoms with Crippen LogP contribution < -0.4 is 5.32 Å². The predicted molar refractivity (Wildman–Crippen MR) is 67.3 cm³/mol. The Kier molecular flexibility index (Phi) is 3.91. The summed E-state index contributed by atoms with van der Waals surface area (Å²) < 4.78 is 0. The van der Waals surface area contributed by atoms with Crippen LogP contribution in [0.1, 0.15) is 52.4 Å². The van der Waals surface area contributed by atoms with Gasteiger partial charge in [-0.3, -0.25) is 0 Å². The van der Waals surface area contributed by atoms with Gasteiger partial charge in [-0.25, -0.2) is 0 Å². The number of aliphatic hydroxyl groups is 1. The number of hydrogen-bond donors (Lipinski definition) is 2. The highest BCUT2D eigenvalue weighted by Gasteiger charge is 2.36. The lowest BCUT2D eigenvalue weighted by Gasteiger charge is -2.40. The minimum atomic E-state index is 0.225. The Labute approximate surface area is 99.8 Å². The van der Waals surface area contributed by atoms with Gasteiger partial charge in [0, 0.05) is 24.6 Å². The third-order valence-corrected chi connectivity index (χ3v) is 4.88. The van der Waals surface area contributed by atoms with Gasteiger partial charge in [-0.2, -0.15) is 0 Å². The van der Waals surface area contributed by atoms with Gasteiger partial charge in [0.05, 0.1) is 0 Å². The quantitative estimate of drug-likeness (QED) is 0.753. The molecule has 2 N–H and O–H groups in total. The summed E-state index contributed by atoms with van der Waals surface area (Å²) in [5, 5.41) is 13.2. The summed E-state index contributed by atoms with van der Waals surface area (Å²) in [4.78, 5) is 0. The standard InChI is InChI=1S/C14H27NO/c1-11(2)12-7-13(8-12)15-9-14(10-16)5-3-4-6-14/h11-13,15-16H,3-10H2,1-2H3. The van der Waals surface area contributed by atoms with Gasteiger partial charge < -0.3 is 10.4 Å². The topological polar surface area (TPSA) is 32.3 Å². The normalized spacial score (nSPS) is 33.0. The van der Waals surface area contributed by atoms with Crippen molar-refractivity contribution in [1.29, 1.82) is 0 Å². The summed E-state index contributed by atoms with van der Waals surface area (Å²) in [6.07, 6.45) is 7.75. The van der Waals surface area contributed by atoms with E-state index in [1.54, 1.807) is 0 Å². The molecule has 0 amide bonds. The van der Waals surface area contributed by atoms with Gasteiger partial charge in [0.2, 0.25) is 0 Å². The molecule has 0 aliphatic heterocycles. The molecule has 0 aromatic heterocycles. The summed E-state index contributed by atoms with van der Waals surface area (Å²) >= 11 is 0. The summed E-state index contributed by atoms with van der Waals surface area (Å²) in [7, 11) is 0. The first kappa shape index (κ1) is 12.4. The van der Waals surface area contributed by atoms with Crippen molar-refractivity contribution in [3.05, 3.63) is 0 Å². The molecule has 0 atom stereocenters. The lowest BCUT2D eigenvalue weighted by molar-refractivity contribution is 0.102. The maximum absolute atomic E-state index is 9.52. The van der Waals surface area contributed by atoms with E-state index in [1.807, 2.05) is 0 Å². The number of rotatable bonds is 5. The molecule has 16 heavy (non-hydrogen) atoms. The van der Waals surface area contributed by atoms with Crippen molar-refractivity contribution in [2.75, 3.05) is 13.2 Å². The van der Waals surface area contributed by atoms with Crippen LogP contribution in [0.15, 0.2) is 0 Å². The molecule has 2 aliphatic rings. The van der Waals surface area contributed by atoms with Crippen LogP contribution in [0.3, 0.4) is 0 Å². The zero-order valence-electron chi connectivity index (χ0n) is 10.8. The summed E-state index contributed by atoms with van der Waals surface area (Å²) in [5.74, 6) is 1.78. The largest absolute Gasteiger partial charge is 0.396 e. The first-order valence-corrected chi connectivity index (χ1v) is 6.99. The Bertz CT molecular complexity index is 215. The van der Waals surface area contributed by atoms with E-state index in [-0.39, 0.29) is 5.41 Å². The summed E-state index contributed by atoms with van der Waals surface area (Å²) in [6, 6.07) is 0.733. The molecule has 0 heterocycles. The highest BCUT2D eigenvalue weighted by Crippen LogP contribution is 2.38. The SMILES string of the molecule is CC(C)C1CC(NCC2(CO)CCCC2)C1. The second kappa shape index (κ2) is 5.05. The van der Waals surface area contributed by atoms with Crippen molar-refractivity contribution < 1.29 is 5.11 Å². The van der Waals surface area contributed by atoms with E-state index < -0.39 is 0 Å². The van der Waals surface area contributed by atoms with E-state index in [2.05, 4.69) is 19.2 Å². The maximum Gasteiger partial charge on any atom is 0.0499 e. The molecule has 2 fully saturated rings. The molecule has 0 spiro atoms. The van der Waals surface area contributed by atoms with Crippen LogP contribution in [0.2, 0.25) is 0 Å². The van der Waals surface area contributed by atoms with Crippen LogP contribution in [-0.4, -0.2) is 24.3 Å². The smallest absolute Gasteiger partial charge is 0.0499 e. The minimum absolute atomic E-state index is 0.225. The monoisotopic (exact) mass is 225 g/mol. The molecule has 2 aliphatic carbocycles. The highest BCUT2D eigenvalue weighted by molar-refractivity contribution is 4.91. The van der Waals surface area contributed by atoms with Gasteiger partial charge in [0.25, 0.3) is 0 Å². The minimum Gasteiger partial charge on any atom is -0.396 e. The zero-order chi connectivity index (χ0) is 11.6. The van der Waals surface area contributed by atoms with E-state index >= 15 is 0 Å². The van der Waals surface area contributed by atoms with Crippen molar-refractivity contribution in [2.45, 2.75) is 58.4 Å². The Morgan fingerprint density at radius 2 is 1.88 bits per heavy atom. The average Bonchev–Trinajstić information content (AvgIpc) is 2.64. The van der Waals surface area contributed by atoms with Crippen molar-refractivity contribution >= 4 is 0 Å². The molecule has 0 unspecified atom stereocenters. The fourth-order valence-corrected chi connectivity index (χ4v) is 3.25. The van der Waals surface area contributed by atoms with E-state index in [0.717, 1.165) is 24.4 Å². The number of hydrogen-bond acceptors (Lipinski definition) is 2. The van der Waals surface area contributed by atoms with Crippen LogP contribution in [-0.2, 0) is 0 Å². The molecule has 94 valence electrons. The molecule has 2 nitrogen and oxygen atoms in total. The van der Waals surface area contributed by atoms with Gasteiger partial charge in [0.1, 0.15) is 0 Å². The average molecular weight is 225 g/mol. The lowest BCUT2D eigenvalue weighted by Crippen LogP contribution is -2.47. The Balaban J connectivity index is 1.68. The molecule has 2 saturated carbocycles. The van der Waals surface area contributed by atoms with Gasteiger partial charge in [-0.15, -0.1) is 0 Å². The highest BCUT2D eigenvalue weighted by atomic mass is 16.3. The van der Waals surface area contributed by atoms with Gasteiger partial charge >= 0.3 is 0 Å². The third kappa shape index (κ3) is 2.60. The van der Waals surface area contributed by atoms with Crippen molar-refractivity contribution in [3.63, 3.8) is 0 Å². The van der Waals surface area contributed by atoms with Crippen molar-refractivity contribution in [1.82, 2.24) is 5.32 Å². The van der Waals surface area contributed by atoms with Crippen LogP contribution in [0, 0.1) is 17.3 Å². The number of nitrogens with one attached hydrogen (secondary N) is 1. The summed E-state index contributed by atoms with van der Waals surface area (Å²) in [6.45, 7) is 6.07. The third-order valence-electron chi connectivity index (χ3n) is 4.88. The molecule has 2 rings (SSSR count). The van der Waals surface area contributed by atoms with Gasteiger partial charge in [0.15, 0.2) is 0 Å². The molecule has 0 saturated heterocycles. The number of aliphatic hydroxyl groups excluding tert-OH is 1. The maximum atomic E-state index is 9.52. The van der Waals surface area contributed by atoms with Gasteiger partial charge in [-0.05, 0) is 37.5 Å². The van der Waals surface area contributed by atoms with E-state index in [1.165, 1.54) is 38.5 Å². The van der Waals surface area contributed by atoms with Crippen LogP contribution in [0.25, 0.3) is 0 Å². The zero-order valence-corrected chi connectivity index (χ0v) is 10.8. The van der Waals surface area contributed by atoms with Crippen LogP contribution in [0.5, 0.6) is 0 Å². The second-order valence-corrected chi connectivity index (χ2v) is 6.42. The molecule has 2 heteroatoms. The van der Waals surface area contributed by atoms with E-state index in [4.69, 9.17) is 0 Å². The predicted octanol–water partition coefficient (Wildman–Crippen LogP) is 2.56. The van der Waals surface area contributed by atoms with Crippen molar-refractivity contribution in [3.8, 4) is 0 Å². The fourth-order valence-electron chi connectivity index (χ4n) is 3.25. The fraction of sp³-hybridized carbons (Fsp3) is 1.00. The molecule has 0 radical (unpaired) electrons. The van der Waals surface area contributed by atoms with E-state index in [9.17, 15) is 5.11 Å². The molecule has 0 aromatic rings. The molecule has 0 aromatic carbocycles. The van der Waals surface area contributed by atoms with Crippen molar-refractivity contribution in [2.24, 2.45) is 17.3 Å². The first-order valence-electron chi connectivity index (χ1n) is 6.99.